The summed E-state index contributed by atoms with van der Waals surface area (Å²) in [5, 5.41) is 20.5. The molecule has 0 aromatic carbocycles. The van der Waals surface area contributed by atoms with Gasteiger partial charge >= 0.3 is 0 Å². The van der Waals surface area contributed by atoms with Crippen LogP contribution in [0.25, 0.3) is 0 Å². The summed E-state index contributed by atoms with van der Waals surface area (Å²) in [6, 6.07) is 0. The molecule has 7 atom stereocenters. The van der Waals surface area contributed by atoms with Crippen molar-refractivity contribution in [1.29, 1.82) is 0 Å². The smallest absolute Gasteiger partial charge is 0.162 e. The van der Waals surface area contributed by atoms with E-state index in [1.807, 2.05) is 6.92 Å². The summed E-state index contributed by atoms with van der Waals surface area (Å²) in [7, 11) is 0. The van der Waals surface area contributed by atoms with Crippen LogP contribution in [-0.4, -0.2) is 21.6 Å². The van der Waals surface area contributed by atoms with Crippen LogP contribution in [0.1, 0.15) is 72.1 Å². The van der Waals surface area contributed by atoms with Crippen molar-refractivity contribution in [2.45, 2.75) is 77.7 Å². The Bertz CT molecular complexity index is 592. The molecular formula is C21H32O3. The number of hydrogen-bond acceptors (Lipinski definition) is 3. The Labute approximate surface area is 145 Å². The van der Waals surface area contributed by atoms with Gasteiger partial charge in [-0.3, -0.25) is 4.79 Å². The molecule has 0 aromatic rings. The Kier molecular flexibility index (Phi) is 3.53. The lowest BCUT2D eigenvalue weighted by molar-refractivity contribution is -0.147. The van der Waals surface area contributed by atoms with Gasteiger partial charge in [-0.2, -0.15) is 0 Å². The quantitative estimate of drug-likeness (QED) is 0.510. The van der Waals surface area contributed by atoms with Gasteiger partial charge in [-0.05, 0) is 86.4 Å². The third-order valence-corrected chi connectivity index (χ3v) is 9.14. The van der Waals surface area contributed by atoms with Crippen LogP contribution in [0, 0.1) is 34.5 Å². The molecule has 0 saturated heterocycles. The van der Waals surface area contributed by atoms with Crippen molar-refractivity contribution in [2.24, 2.45) is 34.5 Å². The highest BCUT2D eigenvalue weighted by Gasteiger charge is 2.63. The molecule has 24 heavy (non-hydrogen) atoms. The Morgan fingerprint density at radius 1 is 1.04 bits per heavy atom. The number of ketones is 1. The van der Waals surface area contributed by atoms with Crippen LogP contribution in [0.5, 0.6) is 0 Å². The molecule has 0 aromatic heterocycles. The number of aliphatic hydroxyl groups excluding tert-OH is 1. The largest absolute Gasteiger partial charge is 0.515 e. The van der Waals surface area contributed by atoms with Crippen molar-refractivity contribution < 1.29 is 15.0 Å². The first kappa shape index (κ1) is 16.6. The second kappa shape index (κ2) is 5.09. The van der Waals surface area contributed by atoms with Gasteiger partial charge in [0.25, 0.3) is 0 Å². The SMILES string of the molecule is C[C@@]12C/C(=C\O)C(=O)CC1CCC1C2CC[C@]2(C)C1CC[C@]2(C)O. The first-order valence-electron chi connectivity index (χ1n) is 9.82. The number of Topliss-reactive ketones (excluding diaryl/α,β-unsaturated/α-hetero) is 1. The number of carbonyl (C=O) groups excluding carboxylic acids is 1. The van der Waals surface area contributed by atoms with E-state index >= 15 is 0 Å². The Balaban J connectivity index is 1.67. The third-order valence-electron chi connectivity index (χ3n) is 9.14. The zero-order chi connectivity index (χ0) is 17.3. The van der Waals surface area contributed by atoms with Crippen molar-refractivity contribution in [1.82, 2.24) is 0 Å². The topological polar surface area (TPSA) is 57.5 Å². The maximum Gasteiger partial charge on any atom is 0.162 e. The van der Waals surface area contributed by atoms with Crippen LogP contribution in [0.15, 0.2) is 11.8 Å². The van der Waals surface area contributed by atoms with E-state index in [0.29, 0.717) is 35.7 Å². The molecule has 4 aliphatic rings. The minimum atomic E-state index is -0.529. The van der Waals surface area contributed by atoms with Crippen molar-refractivity contribution in [3.8, 4) is 0 Å². The maximum absolute atomic E-state index is 12.2. The summed E-state index contributed by atoms with van der Waals surface area (Å²) < 4.78 is 0. The van der Waals surface area contributed by atoms with Gasteiger partial charge in [-0.25, -0.2) is 0 Å². The summed E-state index contributed by atoms with van der Waals surface area (Å²) >= 11 is 0. The number of allylic oxidation sites excluding steroid dienone is 1. The first-order valence-corrected chi connectivity index (χ1v) is 9.82. The van der Waals surface area contributed by atoms with E-state index in [0.717, 1.165) is 44.8 Å². The zero-order valence-electron chi connectivity index (χ0n) is 15.3. The van der Waals surface area contributed by atoms with Gasteiger partial charge in [0.15, 0.2) is 5.78 Å². The number of fused-ring (bicyclic) bond motifs is 5. The van der Waals surface area contributed by atoms with Crippen molar-refractivity contribution in [2.75, 3.05) is 0 Å². The highest BCUT2D eigenvalue weighted by Crippen LogP contribution is 2.68. The van der Waals surface area contributed by atoms with E-state index in [-0.39, 0.29) is 16.6 Å². The van der Waals surface area contributed by atoms with Crippen LogP contribution >= 0.6 is 0 Å². The standard InChI is InChI=1S/C21H32O3/c1-19-11-13(12-22)18(23)10-14(19)4-5-15-16(19)6-8-20(2)17(15)7-9-21(20,3)24/h12,14-17,22,24H,4-11H2,1-3H3/b13-12+/t14?,15?,16?,17?,19-,20-,21+/m1/s1. The van der Waals surface area contributed by atoms with Crippen LogP contribution in [0.2, 0.25) is 0 Å². The minimum Gasteiger partial charge on any atom is -0.515 e. The van der Waals surface area contributed by atoms with Crippen LogP contribution in [0.3, 0.4) is 0 Å². The first-order chi connectivity index (χ1) is 11.2. The van der Waals surface area contributed by atoms with Crippen LogP contribution in [-0.2, 0) is 4.79 Å². The van der Waals surface area contributed by atoms with Gasteiger partial charge in [0, 0.05) is 12.0 Å². The summed E-state index contributed by atoms with van der Waals surface area (Å²) in [4.78, 5) is 12.2. The molecule has 3 nitrogen and oxygen atoms in total. The second-order valence-electron chi connectivity index (χ2n) is 9.88. The summed E-state index contributed by atoms with van der Waals surface area (Å²) in [6.07, 6.45) is 9.11. The van der Waals surface area contributed by atoms with Crippen LogP contribution < -0.4 is 0 Å². The molecule has 4 unspecified atom stereocenters. The summed E-state index contributed by atoms with van der Waals surface area (Å²) in [5.41, 5.74) is 0.304. The number of hydrogen-bond donors (Lipinski definition) is 2. The number of aliphatic hydroxyl groups is 2. The fourth-order valence-corrected chi connectivity index (χ4v) is 7.37. The van der Waals surface area contributed by atoms with Gasteiger partial charge in [0.1, 0.15) is 0 Å². The second-order valence-corrected chi connectivity index (χ2v) is 9.88. The van der Waals surface area contributed by atoms with Gasteiger partial charge < -0.3 is 10.2 Å². The summed E-state index contributed by atoms with van der Waals surface area (Å²) in [5.74, 6) is 2.55. The van der Waals surface area contributed by atoms with E-state index in [9.17, 15) is 15.0 Å². The van der Waals surface area contributed by atoms with Gasteiger partial charge in [0.05, 0.1) is 11.9 Å². The fourth-order valence-electron chi connectivity index (χ4n) is 7.37. The zero-order valence-corrected chi connectivity index (χ0v) is 15.3. The lowest BCUT2D eigenvalue weighted by atomic mass is 9.44. The molecule has 0 spiro atoms. The molecule has 2 N–H and O–H groups in total. The Morgan fingerprint density at radius 2 is 1.75 bits per heavy atom. The van der Waals surface area contributed by atoms with Gasteiger partial charge in [0.2, 0.25) is 0 Å². The van der Waals surface area contributed by atoms with Crippen molar-refractivity contribution in [3.05, 3.63) is 11.8 Å². The molecule has 0 aliphatic heterocycles. The minimum absolute atomic E-state index is 0.0531. The lowest BCUT2D eigenvalue weighted by Gasteiger charge is -2.61. The molecule has 4 aliphatic carbocycles. The molecule has 4 rings (SSSR count). The predicted molar refractivity (Wildman–Crippen MR) is 93.5 cm³/mol. The molecule has 0 radical (unpaired) electrons. The molecule has 134 valence electrons. The average molecular weight is 332 g/mol. The van der Waals surface area contributed by atoms with E-state index in [1.54, 1.807) is 0 Å². The van der Waals surface area contributed by atoms with E-state index in [1.165, 1.54) is 6.42 Å². The third kappa shape index (κ3) is 1.97. The molecule has 0 amide bonds. The highest BCUT2D eigenvalue weighted by molar-refractivity contribution is 5.96. The normalized spacial score (nSPS) is 55.8. The van der Waals surface area contributed by atoms with Gasteiger partial charge in [-0.15, -0.1) is 0 Å². The average Bonchev–Trinajstić information content (AvgIpc) is 2.77. The predicted octanol–water partition coefficient (Wildman–Crippen LogP) is 4.40. The monoisotopic (exact) mass is 332 g/mol. The van der Waals surface area contributed by atoms with E-state index in [4.69, 9.17) is 0 Å². The van der Waals surface area contributed by atoms with Crippen molar-refractivity contribution in [3.63, 3.8) is 0 Å². The van der Waals surface area contributed by atoms with Crippen LogP contribution in [0.4, 0.5) is 0 Å². The molecule has 4 saturated carbocycles. The van der Waals surface area contributed by atoms with E-state index < -0.39 is 5.60 Å². The number of carbonyl (C=O) groups is 1. The Hall–Kier alpha value is -0.830. The fraction of sp³-hybridized carbons (Fsp3) is 0.857. The molecule has 4 fully saturated rings. The lowest BCUT2D eigenvalue weighted by Crippen LogP contribution is -2.56. The molecular weight excluding hydrogens is 300 g/mol. The number of rotatable bonds is 0. The van der Waals surface area contributed by atoms with Gasteiger partial charge in [-0.1, -0.05) is 13.8 Å². The maximum atomic E-state index is 12.2. The highest BCUT2D eigenvalue weighted by atomic mass is 16.3. The van der Waals surface area contributed by atoms with E-state index in [2.05, 4.69) is 13.8 Å². The molecule has 3 heteroatoms. The molecule has 0 bridgehead atoms. The summed E-state index contributed by atoms with van der Waals surface area (Å²) in [6.45, 7) is 6.74. The Morgan fingerprint density at radius 3 is 2.46 bits per heavy atom. The molecule has 0 heterocycles. The van der Waals surface area contributed by atoms with Crippen molar-refractivity contribution >= 4 is 5.78 Å².